The molecule has 4 heteroatoms. The van der Waals surface area contributed by atoms with E-state index in [4.69, 9.17) is 9.26 Å². The van der Waals surface area contributed by atoms with Crippen LogP contribution >= 0.6 is 0 Å². The van der Waals surface area contributed by atoms with Gasteiger partial charge in [-0.1, -0.05) is 35.5 Å². The number of nitrogens with zero attached hydrogens (tertiary/aromatic N) is 1. The van der Waals surface area contributed by atoms with Crippen molar-refractivity contribution < 1.29 is 9.26 Å². The summed E-state index contributed by atoms with van der Waals surface area (Å²) < 4.78 is 10.5. The topological polar surface area (TPSA) is 47.3 Å². The fraction of sp³-hybridized carbons (Fsp3) is 0.400. The molecule has 0 spiro atoms. The van der Waals surface area contributed by atoms with E-state index in [9.17, 15) is 0 Å². The number of hydrogen-bond donors (Lipinski definition) is 1. The Kier molecular flexibility index (Phi) is 5.59. The maximum Gasteiger partial charge on any atom is 0.134 e. The normalized spacial score (nSPS) is 10.8. The van der Waals surface area contributed by atoms with Gasteiger partial charge in [-0.2, -0.15) is 0 Å². The lowest BCUT2D eigenvalue weighted by atomic mass is 10.2. The minimum Gasteiger partial charge on any atom is -0.375 e. The van der Waals surface area contributed by atoms with Crippen molar-refractivity contribution in [1.29, 1.82) is 0 Å². The molecule has 0 aliphatic heterocycles. The smallest absolute Gasteiger partial charge is 0.134 e. The predicted molar refractivity (Wildman–Crippen MR) is 73.7 cm³/mol. The third-order valence-corrected chi connectivity index (χ3v) is 2.74. The van der Waals surface area contributed by atoms with E-state index >= 15 is 0 Å². The Morgan fingerprint density at radius 2 is 2.11 bits per heavy atom. The van der Waals surface area contributed by atoms with Crippen LogP contribution in [0.25, 0.3) is 0 Å². The number of rotatable bonds is 8. The standard InChI is InChI=1S/C15H20N2O2/c1-13-10-15(17-19-13)12-18-9-5-8-16-11-14-6-3-2-4-7-14/h2-4,6-7,10,16H,5,8-9,11-12H2,1H3. The van der Waals surface area contributed by atoms with Crippen LogP contribution in [-0.2, 0) is 17.9 Å². The zero-order chi connectivity index (χ0) is 13.3. The van der Waals surface area contributed by atoms with Gasteiger partial charge in [-0.25, -0.2) is 0 Å². The molecule has 2 rings (SSSR count). The van der Waals surface area contributed by atoms with Crippen molar-refractivity contribution in [2.75, 3.05) is 13.2 Å². The largest absolute Gasteiger partial charge is 0.375 e. The van der Waals surface area contributed by atoms with Gasteiger partial charge >= 0.3 is 0 Å². The van der Waals surface area contributed by atoms with E-state index in [2.05, 4.69) is 34.7 Å². The van der Waals surface area contributed by atoms with Gasteiger partial charge in [0.15, 0.2) is 0 Å². The predicted octanol–water partition coefficient (Wildman–Crippen LogP) is 2.68. The summed E-state index contributed by atoms with van der Waals surface area (Å²) in [6, 6.07) is 12.3. The van der Waals surface area contributed by atoms with Crippen LogP contribution in [0.4, 0.5) is 0 Å². The van der Waals surface area contributed by atoms with E-state index in [0.29, 0.717) is 6.61 Å². The van der Waals surface area contributed by atoms with Crippen molar-refractivity contribution in [3.8, 4) is 0 Å². The summed E-state index contributed by atoms with van der Waals surface area (Å²) in [5.41, 5.74) is 2.16. The Bertz CT molecular complexity index is 468. The van der Waals surface area contributed by atoms with Gasteiger partial charge in [-0.15, -0.1) is 0 Å². The first-order valence-corrected chi connectivity index (χ1v) is 6.59. The van der Waals surface area contributed by atoms with E-state index < -0.39 is 0 Å². The molecular formula is C15H20N2O2. The number of nitrogens with one attached hydrogen (secondary N) is 1. The number of ether oxygens (including phenoxy) is 1. The second-order valence-electron chi connectivity index (χ2n) is 4.50. The first kappa shape index (κ1) is 13.8. The highest BCUT2D eigenvalue weighted by Gasteiger charge is 1.99. The molecule has 0 radical (unpaired) electrons. The van der Waals surface area contributed by atoms with Crippen LogP contribution in [0, 0.1) is 6.92 Å². The molecule has 4 nitrogen and oxygen atoms in total. The van der Waals surface area contributed by atoms with Crippen molar-refractivity contribution in [2.24, 2.45) is 0 Å². The first-order chi connectivity index (χ1) is 9.34. The average molecular weight is 260 g/mol. The maximum atomic E-state index is 5.52. The van der Waals surface area contributed by atoms with E-state index in [-0.39, 0.29) is 0 Å². The Balaban J connectivity index is 1.48. The van der Waals surface area contributed by atoms with Gasteiger partial charge in [0.25, 0.3) is 0 Å². The molecule has 0 amide bonds. The Hall–Kier alpha value is -1.65. The van der Waals surface area contributed by atoms with Crippen LogP contribution in [0.5, 0.6) is 0 Å². The van der Waals surface area contributed by atoms with Crippen LogP contribution < -0.4 is 5.32 Å². The molecule has 0 aliphatic rings. The molecule has 1 aromatic carbocycles. The van der Waals surface area contributed by atoms with E-state index in [1.165, 1.54) is 5.56 Å². The molecule has 0 aliphatic carbocycles. The SMILES string of the molecule is Cc1cc(COCCCNCc2ccccc2)no1. The highest BCUT2D eigenvalue weighted by Crippen LogP contribution is 2.03. The van der Waals surface area contributed by atoms with Crippen LogP contribution in [-0.4, -0.2) is 18.3 Å². The van der Waals surface area contributed by atoms with Crippen LogP contribution in [0.3, 0.4) is 0 Å². The molecule has 0 fully saturated rings. The Morgan fingerprint density at radius 3 is 2.84 bits per heavy atom. The quantitative estimate of drug-likeness (QED) is 0.741. The second kappa shape index (κ2) is 7.71. The molecule has 0 unspecified atom stereocenters. The lowest BCUT2D eigenvalue weighted by Gasteiger charge is -2.05. The summed E-state index contributed by atoms with van der Waals surface area (Å²) in [7, 11) is 0. The summed E-state index contributed by atoms with van der Waals surface area (Å²) in [4.78, 5) is 0. The lowest BCUT2D eigenvalue weighted by Crippen LogP contribution is -2.16. The Labute approximate surface area is 113 Å². The molecule has 1 N–H and O–H groups in total. The molecule has 1 aromatic heterocycles. The van der Waals surface area contributed by atoms with Gasteiger partial charge in [0, 0.05) is 19.2 Å². The molecule has 1 heterocycles. The summed E-state index contributed by atoms with van der Waals surface area (Å²) in [6.45, 7) is 4.99. The van der Waals surface area contributed by atoms with Gasteiger partial charge in [0.2, 0.25) is 0 Å². The summed E-state index contributed by atoms with van der Waals surface area (Å²) in [5, 5.41) is 7.26. The number of aryl methyl sites for hydroxylation is 1. The molecular weight excluding hydrogens is 240 g/mol. The average Bonchev–Trinajstić information content (AvgIpc) is 2.85. The summed E-state index contributed by atoms with van der Waals surface area (Å²) in [5.74, 6) is 0.822. The van der Waals surface area contributed by atoms with Gasteiger partial charge in [0.1, 0.15) is 11.5 Å². The lowest BCUT2D eigenvalue weighted by molar-refractivity contribution is 0.113. The number of benzene rings is 1. The maximum absolute atomic E-state index is 5.52. The molecule has 2 aromatic rings. The molecule has 0 atom stereocenters. The minimum atomic E-state index is 0.524. The zero-order valence-electron chi connectivity index (χ0n) is 11.3. The molecule has 0 saturated carbocycles. The van der Waals surface area contributed by atoms with Gasteiger partial charge in [-0.05, 0) is 25.5 Å². The molecule has 102 valence electrons. The number of aromatic nitrogens is 1. The third kappa shape index (κ3) is 5.24. The van der Waals surface area contributed by atoms with E-state index in [1.54, 1.807) is 0 Å². The molecule has 0 bridgehead atoms. The molecule has 19 heavy (non-hydrogen) atoms. The summed E-state index contributed by atoms with van der Waals surface area (Å²) >= 11 is 0. The van der Waals surface area contributed by atoms with Gasteiger partial charge in [0.05, 0.1) is 6.61 Å². The minimum absolute atomic E-state index is 0.524. The van der Waals surface area contributed by atoms with E-state index in [1.807, 2.05) is 19.1 Å². The van der Waals surface area contributed by atoms with Crippen LogP contribution in [0.1, 0.15) is 23.4 Å². The fourth-order valence-corrected chi connectivity index (χ4v) is 1.79. The number of hydrogen-bond acceptors (Lipinski definition) is 4. The van der Waals surface area contributed by atoms with Crippen LogP contribution in [0.2, 0.25) is 0 Å². The second-order valence-corrected chi connectivity index (χ2v) is 4.50. The zero-order valence-corrected chi connectivity index (χ0v) is 11.3. The third-order valence-electron chi connectivity index (χ3n) is 2.74. The van der Waals surface area contributed by atoms with Crippen molar-refractivity contribution in [3.63, 3.8) is 0 Å². The summed E-state index contributed by atoms with van der Waals surface area (Å²) in [6.07, 6.45) is 0.990. The van der Waals surface area contributed by atoms with E-state index in [0.717, 1.165) is 37.6 Å². The monoisotopic (exact) mass is 260 g/mol. The fourth-order valence-electron chi connectivity index (χ4n) is 1.79. The highest BCUT2D eigenvalue weighted by molar-refractivity contribution is 5.14. The van der Waals surface area contributed by atoms with Crippen molar-refractivity contribution in [2.45, 2.75) is 26.5 Å². The van der Waals surface area contributed by atoms with Crippen LogP contribution in [0.15, 0.2) is 40.9 Å². The van der Waals surface area contributed by atoms with Crippen molar-refractivity contribution >= 4 is 0 Å². The van der Waals surface area contributed by atoms with Gasteiger partial charge < -0.3 is 14.6 Å². The highest BCUT2D eigenvalue weighted by atomic mass is 16.5. The van der Waals surface area contributed by atoms with Gasteiger partial charge in [-0.3, -0.25) is 0 Å². The molecule has 0 saturated heterocycles. The van der Waals surface area contributed by atoms with Crippen molar-refractivity contribution in [1.82, 2.24) is 10.5 Å². The first-order valence-electron chi connectivity index (χ1n) is 6.59. The van der Waals surface area contributed by atoms with Crippen molar-refractivity contribution in [3.05, 3.63) is 53.4 Å². The Morgan fingerprint density at radius 1 is 1.26 bits per heavy atom.